The van der Waals surface area contributed by atoms with Crippen LogP contribution >= 0.6 is 0 Å². The van der Waals surface area contributed by atoms with Gasteiger partial charge >= 0.3 is 5.97 Å². The highest BCUT2D eigenvalue weighted by molar-refractivity contribution is 6.05. The number of esters is 1. The van der Waals surface area contributed by atoms with Gasteiger partial charge in [0.2, 0.25) is 0 Å². The van der Waals surface area contributed by atoms with Gasteiger partial charge in [-0.2, -0.15) is 0 Å². The van der Waals surface area contributed by atoms with Crippen LogP contribution in [0.3, 0.4) is 0 Å². The van der Waals surface area contributed by atoms with Crippen LogP contribution in [0.15, 0.2) is 66.4 Å². The first-order valence-corrected chi connectivity index (χ1v) is 11.7. The Morgan fingerprint density at radius 3 is 2.42 bits per heavy atom. The van der Waals surface area contributed by atoms with Gasteiger partial charge in [-0.05, 0) is 55.9 Å². The predicted octanol–water partition coefficient (Wildman–Crippen LogP) is 3.95. The van der Waals surface area contributed by atoms with E-state index in [1.807, 2.05) is 42.5 Å². The van der Waals surface area contributed by atoms with E-state index in [1.165, 1.54) is 0 Å². The molecule has 2 aliphatic carbocycles. The SMILES string of the molecule is CCOC(=O)[C@H](Cc1ccc(N)cc1)NC1=CC(=O)C12CCC(OCc1ccccc1)CC2. The number of rotatable bonds is 9. The van der Waals surface area contributed by atoms with E-state index in [-0.39, 0.29) is 17.9 Å². The van der Waals surface area contributed by atoms with Crippen LogP contribution in [0.5, 0.6) is 0 Å². The Morgan fingerprint density at radius 1 is 1.09 bits per heavy atom. The summed E-state index contributed by atoms with van der Waals surface area (Å²) < 4.78 is 11.4. The van der Waals surface area contributed by atoms with E-state index in [0.717, 1.165) is 42.5 Å². The third-order valence-electron chi connectivity index (χ3n) is 6.70. The average molecular weight is 449 g/mol. The molecule has 0 radical (unpaired) electrons. The molecular weight excluding hydrogens is 416 g/mol. The van der Waals surface area contributed by atoms with Crippen molar-refractivity contribution in [3.63, 3.8) is 0 Å². The number of hydrogen-bond acceptors (Lipinski definition) is 6. The molecule has 6 heteroatoms. The number of nitrogen functional groups attached to an aromatic ring is 1. The lowest BCUT2D eigenvalue weighted by Gasteiger charge is -2.46. The quantitative estimate of drug-likeness (QED) is 0.446. The lowest BCUT2D eigenvalue weighted by atomic mass is 9.62. The zero-order valence-corrected chi connectivity index (χ0v) is 19.1. The highest BCUT2D eigenvalue weighted by Crippen LogP contribution is 2.49. The summed E-state index contributed by atoms with van der Waals surface area (Å²) in [5.74, 6) is -0.175. The van der Waals surface area contributed by atoms with Crippen LogP contribution in [-0.4, -0.2) is 30.5 Å². The fraction of sp³-hybridized carbons (Fsp3) is 0.407. The molecule has 4 rings (SSSR count). The van der Waals surface area contributed by atoms with Crippen LogP contribution < -0.4 is 11.1 Å². The van der Waals surface area contributed by atoms with Crippen LogP contribution in [0.2, 0.25) is 0 Å². The molecule has 0 aromatic heterocycles. The van der Waals surface area contributed by atoms with Crippen molar-refractivity contribution in [2.24, 2.45) is 5.41 Å². The molecule has 0 heterocycles. The summed E-state index contributed by atoms with van der Waals surface area (Å²) in [5.41, 5.74) is 8.92. The van der Waals surface area contributed by atoms with Gasteiger partial charge in [0.25, 0.3) is 0 Å². The Kier molecular flexibility index (Phi) is 7.14. The van der Waals surface area contributed by atoms with Gasteiger partial charge < -0.3 is 20.5 Å². The lowest BCUT2D eigenvalue weighted by molar-refractivity contribution is -0.146. The molecule has 2 aliphatic rings. The summed E-state index contributed by atoms with van der Waals surface area (Å²) >= 11 is 0. The molecule has 0 aliphatic heterocycles. The molecule has 6 nitrogen and oxygen atoms in total. The zero-order chi connectivity index (χ0) is 23.3. The summed E-state index contributed by atoms with van der Waals surface area (Å²) in [4.78, 5) is 25.4. The normalized spacial score (nSPS) is 22.9. The molecule has 1 spiro atoms. The zero-order valence-electron chi connectivity index (χ0n) is 19.1. The van der Waals surface area contributed by atoms with Gasteiger partial charge in [0.15, 0.2) is 5.78 Å². The highest BCUT2D eigenvalue weighted by atomic mass is 16.5. The number of ketones is 1. The van der Waals surface area contributed by atoms with E-state index >= 15 is 0 Å². The Bertz CT molecular complexity index is 993. The third-order valence-corrected chi connectivity index (χ3v) is 6.70. The number of carbonyl (C=O) groups is 2. The predicted molar refractivity (Wildman–Crippen MR) is 127 cm³/mol. The summed E-state index contributed by atoms with van der Waals surface area (Å²) in [6.45, 7) is 2.69. The molecule has 1 fully saturated rings. The van der Waals surface area contributed by atoms with Gasteiger partial charge in [-0.25, -0.2) is 4.79 Å². The van der Waals surface area contributed by atoms with Gasteiger partial charge in [-0.3, -0.25) is 4.79 Å². The smallest absolute Gasteiger partial charge is 0.328 e. The summed E-state index contributed by atoms with van der Waals surface area (Å²) in [5, 5.41) is 3.36. The van der Waals surface area contributed by atoms with Crippen molar-refractivity contribution >= 4 is 17.4 Å². The van der Waals surface area contributed by atoms with E-state index < -0.39 is 11.5 Å². The summed E-state index contributed by atoms with van der Waals surface area (Å²) in [6.07, 6.45) is 5.33. The van der Waals surface area contributed by atoms with Crippen LogP contribution in [0, 0.1) is 5.41 Å². The number of benzene rings is 2. The van der Waals surface area contributed by atoms with E-state index in [4.69, 9.17) is 15.2 Å². The third kappa shape index (κ3) is 5.28. The molecule has 174 valence electrons. The van der Waals surface area contributed by atoms with Crippen LogP contribution in [0.4, 0.5) is 5.69 Å². The first kappa shape index (κ1) is 23.1. The monoisotopic (exact) mass is 448 g/mol. The van der Waals surface area contributed by atoms with Crippen molar-refractivity contribution in [2.75, 3.05) is 12.3 Å². The number of ether oxygens (including phenoxy) is 2. The van der Waals surface area contributed by atoms with Crippen LogP contribution in [0.25, 0.3) is 0 Å². The van der Waals surface area contributed by atoms with Crippen molar-refractivity contribution in [3.8, 4) is 0 Å². The maximum atomic E-state index is 12.7. The molecule has 0 amide bonds. The number of nitrogens with one attached hydrogen (secondary N) is 1. The first-order chi connectivity index (χ1) is 16.0. The lowest BCUT2D eigenvalue weighted by Crippen LogP contribution is -2.53. The Hall–Kier alpha value is -3.12. The van der Waals surface area contributed by atoms with E-state index in [9.17, 15) is 9.59 Å². The van der Waals surface area contributed by atoms with Crippen LogP contribution in [-0.2, 0) is 32.1 Å². The molecule has 33 heavy (non-hydrogen) atoms. The minimum atomic E-state index is -0.558. The minimum absolute atomic E-state index is 0.140. The Balaban J connectivity index is 1.38. The number of hydrogen-bond donors (Lipinski definition) is 2. The molecule has 0 bridgehead atoms. The fourth-order valence-corrected chi connectivity index (χ4v) is 4.71. The van der Waals surface area contributed by atoms with Gasteiger partial charge in [-0.15, -0.1) is 0 Å². The second-order valence-electron chi connectivity index (χ2n) is 8.90. The molecular formula is C27H32N2O4. The molecule has 2 aromatic rings. The van der Waals surface area contributed by atoms with Gasteiger partial charge in [0.1, 0.15) is 6.04 Å². The second kappa shape index (κ2) is 10.2. The molecule has 0 unspecified atom stereocenters. The second-order valence-corrected chi connectivity index (χ2v) is 8.90. The largest absolute Gasteiger partial charge is 0.464 e. The molecule has 1 saturated carbocycles. The number of anilines is 1. The maximum Gasteiger partial charge on any atom is 0.328 e. The molecule has 0 saturated heterocycles. The molecule has 2 aromatic carbocycles. The molecule has 1 atom stereocenters. The van der Waals surface area contributed by atoms with Crippen LogP contribution in [0.1, 0.15) is 43.7 Å². The fourth-order valence-electron chi connectivity index (χ4n) is 4.71. The molecule has 3 N–H and O–H groups in total. The topological polar surface area (TPSA) is 90.6 Å². The van der Waals surface area contributed by atoms with Crippen molar-refractivity contribution in [2.45, 2.75) is 57.8 Å². The first-order valence-electron chi connectivity index (χ1n) is 11.7. The standard InChI is InChI=1S/C27H32N2O4/c1-2-32-26(31)23(16-19-8-10-21(28)11-9-19)29-24-17-25(30)27(24)14-12-22(13-15-27)33-18-20-6-4-3-5-7-20/h3-11,17,22-23,29H,2,12-16,18,28H2,1H3/t22?,23-,27?/m0/s1. The van der Waals surface area contributed by atoms with E-state index in [1.54, 1.807) is 13.0 Å². The summed E-state index contributed by atoms with van der Waals surface area (Å²) in [6, 6.07) is 17.0. The van der Waals surface area contributed by atoms with Crippen molar-refractivity contribution in [1.82, 2.24) is 5.32 Å². The van der Waals surface area contributed by atoms with Crippen molar-refractivity contribution in [3.05, 3.63) is 77.5 Å². The van der Waals surface area contributed by atoms with E-state index in [0.29, 0.717) is 25.3 Å². The van der Waals surface area contributed by atoms with Crippen molar-refractivity contribution in [1.29, 1.82) is 0 Å². The highest BCUT2D eigenvalue weighted by Gasteiger charge is 2.50. The van der Waals surface area contributed by atoms with Gasteiger partial charge in [-0.1, -0.05) is 42.5 Å². The van der Waals surface area contributed by atoms with E-state index in [2.05, 4.69) is 17.4 Å². The Morgan fingerprint density at radius 2 is 1.79 bits per heavy atom. The number of allylic oxidation sites excluding steroid dienone is 2. The van der Waals surface area contributed by atoms with Crippen molar-refractivity contribution < 1.29 is 19.1 Å². The number of nitrogens with two attached hydrogens (primary N) is 1. The van der Waals surface area contributed by atoms with Gasteiger partial charge in [0.05, 0.1) is 24.7 Å². The maximum absolute atomic E-state index is 12.7. The minimum Gasteiger partial charge on any atom is -0.464 e. The average Bonchev–Trinajstić information content (AvgIpc) is 2.84. The number of carbonyl (C=O) groups excluding carboxylic acids is 2. The van der Waals surface area contributed by atoms with Gasteiger partial charge in [0, 0.05) is 23.9 Å². The Labute approximate surface area is 195 Å². The summed E-state index contributed by atoms with van der Waals surface area (Å²) in [7, 11) is 0.